The number of benzene rings is 2. The Labute approximate surface area is 151 Å². The van der Waals surface area contributed by atoms with Crippen molar-refractivity contribution in [3.63, 3.8) is 0 Å². The molecule has 3 aromatic rings. The molecular weight excluding hydrogens is 356 g/mol. The third-order valence-electron chi connectivity index (χ3n) is 4.06. The van der Waals surface area contributed by atoms with Crippen molar-refractivity contribution in [1.82, 2.24) is 9.71 Å². The van der Waals surface area contributed by atoms with Gasteiger partial charge in [-0.05, 0) is 43.0 Å². The molecule has 0 radical (unpaired) electrons. The van der Waals surface area contributed by atoms with Gasteiger partial charge in [0, 0.05) is 12.6 Å². The zero-order chi connectivity index (χ0) is 18.6. The van der Waals surface area contributed by atoms with E-state index in [1.54, 1.807) is 7.11 Å². The normalized spacial score (nSPS) is 11.7. The number of H-pyrrole nitrogens is 1. The van der Waals surface area contributed by atoms with Crippen molar-refractivity contribution in [3.05, 3.63) is 58.6 Å². The number of sulfonamides is 1. The molecule has 0 aliphatic rings. The molecule has 7 nitrogen and oxygen atoms in total. The Bertz CT molecular complexity index is 1050. The molecule has 2 aromatic carbocycles. The van der Waals surface area contributed by atoms with E-state index < -0.39 is 15.8 Å². The summed E-state index contributed by atoms with van der Waals surface area (Å²) in [5.41, 5.74) is 1.78. The van der Waals surface area contributed by atoms with Crippen LogP contribution in [0, 0.1) is 0 Å². The first-order valence-electron chi connectivity index (χ1n) is 8.24. The van der Waals surface area contributed by atoms with Crippen molar-refractivity contribution in [2.24, 2.45) is 0 Å². The average molecular weight is 376 g/mol. The molecular formula is C18H20N2O5S. The number of aromatic amines is 1. The second-order valence-corrected chi connectivity index (χ2v) is 7.61. The number of methoxy groups -OCH3 is 1. The molecule has 26 heavy (non-hydrogen) atoms. The lowest BCUT2D eigenvalue weighted by Crippen LogP contribution is -2.24. The van der Waals surface area contributed by atoms with Gasteiger partial charge in [0.15, 0.2) is 5.58 Å². The lowest BCUT2D eigenvalue weighted by Gasteiger charge is -2.09. The molecule has 0 fully saturated rings. The molecule has 0 bridgehead atoms. The predicted molar refractivity (Wildman–Crippen MR) is 98.0 cm³/mol. The topological polar surface area (TPSA) is 101 Å². The number of rotatable bonds is 8. The highest BCUT2D eigenvalue weighted by Gasteiger charge is 2.15. The van der Waals surface area contributed by atoms with Gasteiger partial charge in [-0.1, -0.05) is 18.2 Å². The zero-order valence-electron chi connectivity index (χ0n) is 14.3. The SMILES string of the molecule is COc1ccccc1CCCCNS(=O)(=O)c1ccc2[nH]c(=O)oc2c1. The Hall–Kier alpha value is -2.58. The summed E-state index contributed by atoms with van der Waals surface area (Å²) < 4.78 is 37.5. The molecule has 1 heterocycles. The number of para-hydroxylation sites is 1. The fourth-order valence-electron chi connectivity index (χ4n) is 2.73. The highest BCUT2D eigenvalue weighted by molar-refractivity contribution is 7.89. The molecule has 138 valence electrons. The van der Waals surface area contributed by atoms with Gasteiger partial charge in [0.1, 0.15) is 5.75 Å². The van der Waals surface area contributed by atoms with Gasteiger partial charge in [-0.2, -0.15) is 0 Å². The molecule has 0 aliphatic heterocycles. The van der Waals surface area contributed by atoms with E-state index >= 15 is 0 Å². The van der Waals surface area contributed by atoms with Gasteiger partial charge < -0.3 is 9.15 Å². The van der Waals surface area contributed by atoms with Gasteiger partial charge in [-0.3, -0.25) is 4.98 Å². The first kappa shape index (κ1) is 18.2. The zero-order valence-corrected chi connectivity index (χ0v) is 15.1. The fraction of sp³-hybridized carbons (Fsp3) is 0.278. The molecule has 8 heteroatoms. The smallest absolute Gasteiger partial charge is 0.417 e. The molecule has 0 atom stereocenters. The van der Waals surface area contributed by atoms with Gasteiger partial charge in [-0.25, -0.2) is 17.9 Å². The summed E-state index contributed by atoms with van der Waals surface area (Å²) >= 11 is 0. The van der Waals surface area contributed by atoms with Crippen LogP contribution < -0.4 is 15.2 Å². The molecule has 1 aromatic heterocycles. The minimum Gasteiger partial charge on any atom is -0.496 e. The van der Waals surface area contributed by atoms with Crippen LogP contribution >= 0.6 is 0 Å². The van der Waals surface area contributed by atoms with Crippen LogP contribution in [0.25, 0.3) is 11.1 Å². The predicted octanol–water partition coefficient (Wildman–Crippen LogP) is 2.43. The number of ether oxygens (including phenoxy) is 1. The van der Waals surface area contributed by atoms with Crippen molar-refractivity contribution >= 4 is 21.1 Å². The molecule has 0 saturated carbocycles. The number of unbranched alkanes of at least 4 members (excludes halogenated alkanes) is 1. The second kappa shape index (κ2) is 7.76. The molecule has 2 N–H and O–H groups in total. The maximum Gasteiger partial charge on any atom is 0.417 e. The van der Waals surface area contributed by atoms with E-state index in [1.165, 1.54) is 18.2 Å². The standard InChI is InChI=1S/C18H20N2O5S/c1-24-16-8-3-2-6-13(16)7-4-5-11-19-26(22,23)14-9-10-15-17(12-14)25-18(21)20-15/h2-3,6,8-10,12,19H,4-5,7,11H2,1H3,(H,20,21). The van der Waals surface area contributed by atoms with Crippen LogP contribution in [0.3, 0.4) is 0 Å². The molecule has 0 aliphatic carbocycles. The van der Waals surface area contributed by atoms with E-state index in [-0.39, 0.29) is 10.5 Å². The number of nitrogens with one attached hydrogen (secondary N) is 2. The Morgan fingerprint density at radius 1 is 1.15 bits per heavy atom. The van der Waals surface area contributed by atoms with Crippen LogP contribution in [0.1, 0.15) is 18.4 Å². The molecule has 3 rings (SSSR count). The Morgan fingerprint density at radius 3 is 2.77 bits per heavy atom. The van der Waals surface area contributed by atoms with E-state index in [2.05, 4.69) is 9.71 Å². The summed E-state index contributed by atoms with van der Waals surface area (Å²) in [5.74, 6) is 0.230. The average Bonchev–Trinajstić information content (AvgIpc) is 3.01. The monoisotopic (exact) mass is 376 g/mol. The van der Waals surface area contributed by atoms with Gasteiger partial charge in [0.2, 0.25) is 10.0 Å². The summed E-state index contributed by atoms with van der Waals surface area (Å²) in [6, 6.07) is 12.1. The summed E-state index contributed by atoms with van der Waals surface area (Å²) in [6.45, 7) is 0.326. The van der Waals surface area contributed by atoms with Crippen molar-refractivity contribution in [1.29, 1.82) is 0 Å². The number of fused-ring (bicyclic) bond motifs is 1. The van der Waals surface area contributed by atoms with Gasteiger partial charge in [0.25, 0.3) is 0 Å². The van der Waals surface area contributed by atoms with E-state index in [1.807, 2.05) is 24.3 Å². The fourth-order valence-corrected chi connectivity index (χ4v) is 3.82. The lowest BCUT2D eigenvalue weighted by atomic mass is 10.1. The van der Waals surface area contributed by atoms with E-state index in [0.29, 0.717) is 18.5 Å². The molecule has 0 unspecified atom stereocenters. The van der Waals surface area contributed by atoms with Crippen LogP contribution in [0.15, 0.2) is 56.6 Å². The summed E-state index contributed by atoms with van der Waals surface area (Å²) in [6.07, 6.45) is 2.33. The Morgan fingerprint density at radius 2 is 1.96 bits per heavy atom. The third-order valence-corrected chi connectivity index (χ3v) is 5.52. The summed E-state index contributed by atoms with van der Waals surface area (Å²) in [5, 5.41) is 0. The van der Waals surface area contributed by atoms with Crippen molar-refractivity contribution in [3.8, 4) is 5.75 Å². The van der Waals surface area contributed by atoms with Crippen molar-refractivity contribution in [2.45, 2.75) is 24.2 Å². The van der Waals surface area contributed by atoms with Crippen molar-refractivity contribution < 1.29 is 17.6 Å². The Balaban J connectivity index is 1.55. The maximum absolute atomic E-state index is 12.4. The molecule has 0 spiro atoms. The first-order valence-corrected chi connectivity index (χ1v) is 9.72. The van der Waals surface area contributed by atoms with Crippen LogP contribution in [0.4, 0.5) is 0 Å². The van der Waals surface area contributed by atoms with E-state index in [9.17, 15) is 13.2 Å². The Kier molecular flexibility index (Phi) is 5.43. The number of oxazole rings is 1. The number of hydrogen-bond acceptors (Lipinski definition) is 5. The number of aryl methyl sites for hydroxylation is 1. The minimum absolute atomic E-state index is 0.0671. The van der Waals surface area contributed by atoms with Crippen LogP contribution in [0.2, 0.25) is 0 Å². The summed E-state index contributed by atoms with van der Waals surface area (Å²) in [4.78, 5) is 13.7. The maximum atomic E-state index is 12.4. The first-order chi connectivity index (χ1) is 12.5. The highest BCUT2D eigenvalue weighted by Crippen LogP contribution is 2.19. The highest BCUT2D eigenvalue weighted by atomic mass is 32.2. The van der Waals surface area contributed by atoms with E-state index in [0.717, 1.165) is 24.2 Å². The molecule has 0 saturated heterocycles. The molecule has 0 amide bonds. The van der Waals surface area contributed by atoms with Crippen LogP contribution in [0.5, 0.6) is 5.75 Å². The van der Waals surface area contributed by atoms with Crippen molar-refractivity contribution in [2.75, 3.05) is 13.7 Å². The third kappa shape index (κ3) is 4.14. The largest absolute Gasteiger partial charge is 0.496 e. The lowest BCUT2D eigenvalue weighted by molar-refractivity contribution is 0.409. The quantitative estimate of drug-likeness (QED) is 0.588. The number of aromatic nitrogens is 1. The van der Waals surface area contributed by atoms with Gasteiger partial charge in [-0.15, -0.1) is 0 Å². The van der Waals surface area contributed by atoms with Gasteiger partial charge in [0.05, 0.1) is 17.5 Å². The summed E-state index contributed by atoms with van der Waals surface area (Å²) in [7, 11) is -2.02. The van der Waals surface area contributed by atoms with Crippen LogP contribution in [-0.4, -0.2) is 27.1 Å². The second-order valence-electron chi connectivity index (χ2n) is 5.84. The van der Waals surface area contributed by atoms with Gasteiger partial charge >= 0.3 is 5.76 Å². The van der Waals surface area contributed by atoms with Crippen LogP contribution in [-0.2, 0) is 16.4 Å². The van der Waals surface area contributed by atoms with E-state index in [4.69, 9.17) is 9.15 Å². The minimum atomic E-state index is -3.65. The number of hydrogen-bond donors (Lipinski definition) is 2.